The molecule has 0 aliphatic rings. The predicted octanol–water partition coefficient (Wildman–Crippen LogP) is 5.38. The molecule has 0 heterocycles. The lowest BCUT2D eigenvalue weighted by Crippen LogP contribution is -2.31. The molecule has 0 atom stereocenters. The molecule has 0 aliphatic carbocycles. The minimum atomic E-state index is -0.224. The topological polar surface area (TPSA) is 9.23 Å². The van der Waals surface area contributed by atoms with Crippen LogP contribution in [-0.2, 0) is 11.8 Å². The second-order valence-electron chi connectivity index (χ2n) is 7.30. The van der Waals surface area contributed by atoms with E-state index < -0.39 is 0 Å². The molecular weight excluding hydrogens is 256 g/mol. The van der Waals surface area contributed by atoms with E-state index in [-0.39, 0.29) is 11.0 Å². The molecule has 0 saturated heterocycles. The minimum absolute atomic E-state index is 0.181. The first-order valence-electron chi connectivity index (χ1n) is 7.60. The van der Waals surface area contributed by atoms with E-state index in [0.29, 0.717) is 0 Å². The van der Waals surface area contributed by atoms with Crippen molar-refractivity contribution in [1.29, 1.82) is 0 Å². The van der Waals surface area contributed by atoms with Gasteiger partial charge in [0.05, 0.1) is 0 Å². The van der Waals surface area contributed by atoms with E-state index in [1.807, 2.05) is 30.3 Å². The number of rotatable bonds is 4. The van der Waals surface area contributed by atoms with Crippen molar-refractivity contribution in [3.8, 4) is 5.75 Å². The highest BCUT2D eigenvalue weighted by Crippen LogP contribution is 2.26. The molecule has 0 fully saturated rings. The Labute approximate surface area is 129 Å². The van der Waals surface area contributed by atoms with Gasteiger partial charge in [-0.2, -0.15) is 0 Å². The summed E-state index contributed by atoms with van der Waals surface area (Å²) in [6.45, 7) is 11.0. The second kappa shape index (κ2) is 5.93. The van der Waals surface area contributed by atoms with E-state index in [0.717, 1.165) is 12.2 Å². The van der Waals surface area contributed by atoms with Crippen LogP contribution in [0.3, 0.4) is 0 Å². The fraction of sp³-hybridized carbons (Fsp3) is 0.400. The summed E-state index contributed by atoms with van der Waals surface area (Å²) in [6, 6.07) is 18.9. The number of hydrogen-bond donors (Lipinski definition) is 0. The molecule has 0 aromatic heterocycles. The van der Waals surface area contributed by atoms with Crippen molar-refractivity contribution in [2.75, 3.05) is 0 Å². The van der Waals surface area contributed by atoms with Gasteiger partial charge in [-0.1, -0.05) is 63.2 Å². The van der Waals surface area contributed by atoms with Crippen LogP contribution in [0.2, 0.25) is 0 Å². The lowest BCUT2D eigenvalue weighted by atomic mass is 9.85. The molecule has 112 valence electrons. The first-order valence-corrected chi connectivity index (χ1v) is 7.60. The fourth-order valence-corrected chi connectivity index (χ4v) is 2.48. The molecule has 0 aliphatic heterocycles. The predicted molar refractivity (Wildman–Crippen MR) is 90.0 cm³/mol. The van der Waals surface area contributed by atoms with Crippen LogP contribution in [0.1, 0.15) is 45.7 Å². The molecule has 1 heteroatoms. The molecule has 0 radical (unpaired) electrons. The maximum atomic E-state index is 6.13. The number of ether oxygens (including phenoxy) is 1. The van der Waals surface area contributed by atoms with Crippen LogP contribution in [0, 0.1) is 0 Å². The zero-order valence-corrected chi connectivity index (χ0v) is 13.8. The van der Waals surface area contributed by atoms with Crippen LogP contribution in [0.4, 0.5) is 0 Å². The van der Waals surface area contributed by atoms with Gasteiger partial charge in [0.1, 0.15) is 11.4 Å². The SMILES string of the molecule is CC(C)(Cc1cccc(C(C)(C)C)c1)Oc1ccccc1. The molecular formula is C20H26O. The molecule has 0 saturated carbocycles. The Morgan fingerprint density at radius 3 is 2.10 bits per heavy atom. The molecule has 21 heavy (non-hydrogen) atoms. The Morgan fingerprint density at radius 2 is 1.48 bits per heavy atom. The first kappa shape index (κ1) is 15.6. The van der Waals surface area contributed by atoms with Crippen molar-refractivity contribution in [2.24, 2.45) is 0 Å². The molecule has 2 aromatic carbocycles. The Morgan fingerprint density at radius 1 is 0.810 bits per heavy atom. The summed E-state index contributed by atoms with van der Waals surface area (Å²) in [4.78, 5) is 0. The quantitative estimate of drug-likeness (QED) is 0.731. The third-order valence-electron chi connectivity index (χ3n) is 3.56. The monoisotopic (exact) mass is 282 g/mol. The highest BCUT2D eigenvalue weighted by molar-refractivity contribution is 5.30. The third-order valence-corrected chi connectivity index (χ3v) is 3.56. The van der Waals surface area contributed by atoms with Crippen LogP contribution in [0.5, 0.6) is 5.75 Å². The maximum absolute atomic E-state index is 6.13. The molecule has 2 aromatic rings. The van der Waals surface area contributed by atoms with Gasteiger partial charge >= 0.3 is 0 Å². The highest BCUT2D eigenvalue weighted by atomic mass is 16.5. The smallest absolute Gasteiger partial charge is 0.120 e. The minimum Gasteiger partial charge on any atom is -0.488 e. The normalized spacial score (nSPS) is 12.2. The Balaban J connectivity index is 2.13. The summed E-state index contributed by atoms with van der Waals surface area (Å²) >= 11 is 0. The van der Waals surface area contributed by atoms with Gasteiger partial charge in [-0.3, -0.25) is 0 Å². The molecule has 0 bridgehead atoms. The summed E-state index contributed by atoms with van der Waals surface area (Å²) in [5.74, 6) is 0.925. The van der Waals surface area contributed by atoms with Crippen molar-refractivity contribution in [3.63, 3.8) is 0 Å². The molecule has 0 N–H and O–H groups in total. The summed E-state index contributed by atoms with van der Waals surface area (Å²) in [7, 11) is 0. The lowest BCUT2D eigenvalue weighted by molar-refractivity contribution is 0.110. The second-order valence-corrected chi connectivity index (χ2v) is 7.30. The molecule has 0 spiro atoms. The number of benzene rings is 2. The molecule has 0 unspecified atom stereocenters. The Kier molecular flexibility index (Phi) is 4.41. The fourth-order valence-electron chi connectivity index (χ4n) is 2.48. The summed E-state index contributed by atoms with van der Waals surface area (Å²) in [6.07, 6.45) is 0.895. The van der Waals surface area contributed by atoms with Gasteiger partial charge in [0.15, 0.2) is 0 Å². The van der Waals surface area contributed by atoms with Crippen molar-refractivity contribution in [1.82, 2.24) is 0 Å². The van der Waals surface area contributed by atoms with Crippen LogP contribution < -0.4 is 4.74 Å². The van der Waals surface area contributed by atoms with Gasteiger partial charge < -0.3 is 4.74 Å². The van der Waals surface area contributed by atoms with Crippen molar-refractivity contribution in [3.05, 3.63) is 65.7 Å². The largest absolute Gasteiger partial charge is 0.488 e. The van der Waals surface area contributed by atoms with Gasteiger partial charge in [0.25, 0.3) is 0 Å². The Bertz CT molecular complexity index is 576. The van der Waals surface area contributed by atoms with Gasteiger partial charge in [-0.05, 0) is 42.5 Å². The molecule has 0 amide bonds. The first-order chi connectivity index (χ1) is 9.76. The van der Waals surface area contributed by atoms with Gasteiger partial charge in [-0.25, -0.2) is 0 Å². The number of hydrogen-bond acceptors (Lipinski definition) is 1. The van der Waals surface area contributed by atoms with Crippen LogP contribution in [0.15, 0.2) is 54.6 Å². The van der Waals surface area contributed by atoms with E-state index in [1.165, 1.54) is 11.1 Å². The van der Waals surface area contributed by atoms with Crippen LogP contribution in [0.25, 0.3) is 0 Å². The van der Waals surface area contributed by atoms with Crippen molar-refractivity contribution >= 4 is 0 Å². The standard InChI is InChI=1S/C20H26O/c1-19(2,3)17-11-9-10-16(14-17)15-20(4,5)21-18-12-7-6-8-13-18/h6-14H,15H2,1-5H3. The molecule has 1 nitrogen and oxygen atoms in total. The van der Waals surface area contributed by atoms with Gasteiger partial charge in [0, 0.05) is 6.42 Å². The van der Waals surface area contributed by atoms with E-state index in [9.17, 15) is 0 Å². The van der Waals surface area contributed by atoms with Crippen molar-refractivity contribution < 1.29 is 4.74 Å². The average molecular weight is 282 g/mol. The van der Waals surface area contributed by atoms with E-state index in [2.05, 4.69) is 58.9 Å². The zero-order valence-electron chi connectivity index (χ0n) is 13.8. The van der Waals surface area contributed by atoms with Gasteiger partial charge in [-0.15, -0.1) is 0 Å². The average Bonchev–Trinajstić information content (AvgIpc) is 2.38. The van der Waals surface area contributed by atoms with Gasteiger partial charge in [0.2, 0.25) is 0 Å². The number of para-hydroxylation sites is 1. The van der Waals surface area contributed by atoms with Crippen LogP contribution >= 0.6 is 0 Å². The molecule has 2 rings (SSSR count). The van der Waals surface area contributed by atoms with E-state index in [1.54, 1.807) is 0 Å². The Hall–Kier alpha value is -1.76. The zero-order chi connectivity index (χ0) is 15.5. The van der Waals surface area contributed by atoms with E-state index >= 15 is 0 Å². The van der Waals surface area contributed by atoms with E-state index in [4.69, 9.17) is 4.74 Å². The summed E-state index contributed by atoms with van der Waals surface area (Å²) in [5.41, 5.74) is 2.65. The lowest BCUT2D eigenvalue weighted by Gasteiger charge is -2.27. The summed E-state index contributed by atoms with van der Waals surface area (Å²) < 4.78 is 6.13. The maximum Gasteiger partial charge on any atom is 0.120 e. The highest BCUT2D eigenvalue weighted by Gasteiger charge is 2.22. The summed E-state index contributed by atoms with van der Waals surface area (Å²) in [5, 5.41) is 0. The third kappa shape index (κ3) is 4.63. The van der Waals surface area contributed by atoms with Crippen molar-refractivity contribution in [2.45, 2.75) is 52.1 Å². The van der Waals surface area contributed by atoms with Crippen LogP contribution in [-0.4, -0.2) is 5.60 Å².